The van der Waals surface area contributed by atoms with Crippen LogP contribution in [0.5, 0.6) is 0 Å². The van der Waals surface area contributed by atoms with Crippen LogP contribution in [0.25, 0.3) is 10.9 Å². The first-order valence-corrected chi connectivity index (χ1v) is 8.23. The molecule has 122 valence electrons. The third kappa shape index (κ3) is 2.57. The van der Waals surface area contributed by atoms with Crippen LogP contribution in [-0.2, 0) is 26.6 Å². The Morgan fingerprint density at radius 3 is 3.12 bits per heavy atom. The smallest absolute Gasteiger partial charge is 0.268 e. The van der Waals surface area contributed by atoms with Gasteiger partial charge in [-0.3, -0.25) is 9.78 Å². The van der Waals surface area contributed by atoms with Crippen LogP contribution in [0.15, 0.2) is 42.6 Å². The molecule has 0 aliphatic carbocycles. The van der Waals surface area contributed by atoms with Gasteiger partial charge in [0.05, 0.1) is 5.52 Å². The van der Waals surface area contributed by atoms with E-state index < -0.39 is 0 Å². The minimum absolute atomic E-state index is 0.0345. The molecule has 1 aromatic carbocycles. The van der Waals surface area contributed by atoms with E-state index in [0.29, 0.717) is 6.54 Å². The van der Waals surface area contributed by atoms with Gasteiger partial charge in [0, 0.05) is 50.4 Å². The lowest BCUT2D eigenvalue weighted by atomic mass is 10.1. The molecule has 0 fully saturated rings. The van der Waals surface area contributed by atoms with Crippen LogP contribution >= 0.6 is 0 Å². The number of nitrogens with one attached hydrogen (secondary N) is 2. The normalized spacial score (nSPS) is 13.7. The fourth-order valence-electron chi connectivity index (χ4n) is 3.42. The number of carbonyl (C=O) groups is 1. The first kappa shape index (κ1) is 14.9. The summed E-state index contributed by atoms with van der Waals surface area (Å²) < 4.78 is 2.02. The molecule has 5 nitrogen and oxygen atoms in total. The van der Waals surface area contributed by atoms with Crippen LogP contribution in [0.3, 0.4) is 0 Å². The van der Waals surface area contributed by atoms with Crippen molar-refractivity contribution in [2.75, 3.05) is 6.54 Å². The quantitative estimate of drug-likeness (QED) is 0.777. The van der Waals surface area contributed by atoms with E-state index in [2.05, 4.69) is 15.6 Å². The lowest BCUT2D eigenvalue weighted by Gasteiger charge is -2.14. The van der Waals surface area contributed by atoms with E-state index in [9.17, 15) is 4.79 Å². The topological polar surface area (TPSA) is 59.0 Å². The van der Waals surface area contributed by atoms with Crippen molar-refractivity contribution in [1.82, 2.24) is 20.2 Å². The van der Waals surface area contributed by atoms with Crippen LogP contribution in [0, 0.1) is 0 Å². The number of benzene rings is 1. The standard InChI is InChI=1S/C19H20N4O/c1-23-17-7-9-20-11-14(17)10-18(23)19(24)22-12-13-4-2-6-16-15(13)5-3-8-21-16/h2-6,8,10,20H,7,9,11-12H2,1H3,(H,22,24). The van der Waals surface area contributed by atoms with E-state index in [-0.39, 0.29) is 5.91 Å². The van der Waals surface area contributed by atoms with E-state index >= 15 is 0 Å². The number of rotatable bonds is 3. The zero-order valence-electron chi connectivity index (χ0n) is 13.7. The van der Waals surface area contributed by atoms with E-state index in [1.807, 2.05) is 48.0 Å². The molecule has 5 heteroatoms. The lowest BCUT2D eigenvalue weighted by Crippen LogP contribution is -2.26. The maximum absolute atomic E-state index is 12.6. The Bertz CT molecular complexity index is 908. The predicted octanol–water partition coefficient (Wildman–Crippen LogP) is 2.15. The number of aromatic nitrogens is 2. The fraction of sp³-hybridized carbons (Fsp3) is 0.263. The molecule has 2 N–H and O–H groups in total. The highest BCUT2D eigenvalue weighted by atomic mass is 16.1. The summed E-state index contributed by atoms with van der Waals surface area (Å²) in [4.78, 5) is 17.0. The van der Waals surface area contributed by atoms with Gasteiger partial charge in [0.15, 0.2) is 0 Å². The number of fused-ring (bicyclic) bond motifs is 2. The molecule has 0 unspecified atom stereocenters. The lowest BCUT2D eigenvalue weighted by molar-refractivity contribution is 0.0942. The molecule has 0 saturated heterocycles. The van der Waals surface area contributed by atoms with Gasteiger partial charge in [-0.1, -0.05) is 18.2 Å². The molecule has 3 aromatic rings. The molecule has 0 atom stereocenters. The highest BCUT2D eigenvalue weighted by molar-refractivity contribution is 5.93. The Morgan fingerprint density at radius 2 is 2.25 bits per heavy atom. The molecule has 3 heterocycles. The predicted molar refractivity (Wildman–Crippen MR) is 93.7 cm³/mol. The molecule has 1 aliphatic heterocycles. The number of pyridine rings is 1. The number of nitrogens with zero attached hydrogens (tertiary/aromatic N) is 2. The molecule has 0 radical (unpaired) electrons. The summed E-state index contributed by atoms with van der Waals surface area (Å²) in [5.41, 5.74) is 5.23. The van der Waals surface area contributed by atoms with Crippen LogP contribution < -0.4 is 10.6 Å². The van der Waals surface area contributed by atoms with Crippen molar-refractivity contribution in [2.45, 2.75) is 19.5 Å². The first-order chi connectivity index (χ1) is 11.7. The van der Waals surface area contributed by atoms with Gasteiger partial charge in [-0.25, -0.2) is 0 Å². The average molecular weight is 320 g/mol. The monoisotopic (exact) mass is 320 g/mol. The largest absolute Gasteiger partial charge is 0.347 e. The summed E-state index contributed by atoms with van der Waals surface area (Å²) in [6.45, 7) is 2.30. The zero-order chi connectivity index (χ0) is 16.5. The Morgan fingerprint density at radius 1 is 1.33 bits per heavy atom. The molecular weight excluding hydrogens is 300 g/mol. The highest BCUT2D eigenvalue weighted by Crippen LogP contribution is 2.19. The number of carbonyl (C=O) groups excluding carboxylic acids is 1. The van der Waals surface area contributed by atoms with Gasteiger partial charge in [-0.05, 0) is 29.3 Å². The van der Waals surface area contributed by atoms with Crippen molar-refractivity contribution in [3.63, 3.8) is 0 Å². The van der Waals surface area contributed by atoms with Crippen molar-refractivity contribution in [2.24, 2.45) is 7.05 Å². The molecule has 1 amide bonds. The second-order valence-corrected chi connectivity index (χ2v) is 6.16. The highest BCUT2D eigenvalue weighted by Gasteiger charge is 2.19. The Hall–Kier alpha value is -2.66. The van der Waals surface area contributed by atoms with Crippen LogP contribution in [0.2, 0.25) is 0 Å². The summed E-state index contributed by atoms with van der Waals surface area (Å²) in [5.74, 6) is -0.0345. The second-order valence-electron chi connectivity index (χ2n) is 6.16. The van der Waals surface area contributed by atoms with Crippen LogP contribution in [0.4, 0.5) is 0 Å². The van der Waals surface area contributed by atoms with Crippen molar-refractivity contribution in [1.29, 1.82) is 0 Å². The van der Waals surface area contributed by atoms with Crippen molar-refractivity contribution in [3.05, 3.63) is 65.1 Å². The third-order valence-electron chi connectivity index (χ3n) is 4.71. The molecule has 2 aromatic heterocycles. The van der Waals surface area contributed by atoms with E-state index in [1.54, 1.807) is 6.20 Å². The molecule has 1 aliphatic rings. The van der Waals surface area contributed by atoms with Crippen LogP contribution in [0.1, 0.15) is 27.3 Å². The summed E-state index contributed by atoms with van der Waals surface area (Å²) in [5, 5.41) is 7.48. The Balaban J connectivity index is 1.55. The van der Waals surface area contributed by atoms with Gasteiger partial charge < -0.3 is 15.2 Å². The van der Waals surface area contributed by atoms with Crippen LogP contribution in [-0.4, -0.2) is 22.0 Å². The molecule has 0 saturated carbocycles. The zero-order valence-corrected chi connectivity index (χ0v) is 13.7. The third-order valence-corrected chi connectivity index (χ3v) is 4.71. The van der Waals surface area contributed by atoms with Gasteiger partial charge in [0.25, 0.3) is 5.91 Å². The molecule has 4 rings (SSSR count). The average Bonchev–Trinajstić information content (AvgIpc) is 2.97. The molecular formula is C19H20N4O. The van der Waals surface area contributed by atoms with Gasteiger partial charge in [-0.2, -0.15) is 0 Å². The Kier molecular flexibility index (Phi) is 3.78. The van der Waals surface area contributed by atoms with E-state index in [1.165, 1.54) is 11.3 Å². The van der Waals surface area contributed by atoms with Gasteiger partial charge >= 0.3 is 0 Å². The SMILES string of the molecule is Cn1c(C(=O)NCc2cccc3ncccc23)cc2c1CCNC2. The fourth-order valence-corrected chi connectivity index (χ4v) is 3.42. The van der Waals surface area contributed by atoms with Gasteiger partial charge in [0.1, 0.15) is 5.69 Å². The van der Waals surface area contributed by atoms with Gasteiger partial charge in [0.2, 0.25) is 0 Å². The van der Waals surface area contributed by atoms with E-state index in [0.717, 1.165) is 41.7 Å². The Labute approximate surface area is 140 Å². The molecule has 0 spiro atoms. The van der Waals surface area contributed by atoms with E-state index in [4.69, 9.17) is 0 Å². The summed E-state index contributed by atoms with van der Waals surface area (Å²) >= 11 is 0. The number of hydrogen-bond donors (Lipinski definition) is 2. The maximum Gasteiger partial charge on any atom is 0.268 e. The summed E-state index contributed by atoms with van der Waals surface area (Å²) in [7, 11) is 1.97. The maximum atomic E-state index is 12.6. The number of hydrogen-bond acceptors (Lipinski definition) is 3. The van der Waals surface area contributed by atoms with Gasteiger partial charge in [-0.15, -0.1) is 0 Å². The van der Waals surface area contributed by atoms with Crippen molar-refractivity contribution >= 4 is 16.8 Å². The summed E-state index contributed by atoms with van der Waals surface area (Å²) in [6.07, 6.45) is 2.75. The first-order valence-electron chi connectivity index (χ1n) is 8.23. The molecule has 0 bridgehead atoms. The second kappa shape index (κ2) is 6.09. The van der Waals surface area contributed by atoms with Crippen molar-refractivity contribution in [3.8, 4) is 0 Å². The minimum atomic E-state index is -0.0345. The molecule has 24 heavy (non-hydrogen) atoms. The summed E-state index contributed by atoms with van der Waals surface area (Å²) in [6, 6.07) is 12.0. The number of amides is 1. The van der Waals surface area contributed by atoms with Crippen molar-refractivity contribution < 1.29 is 4.79 Å². The minimum Gasteiger partial charge on any atom is -0.347 e.